The monoisotopic (exact) mass is 386 g/mol. The van der Waals surface area contributed by atoms with E-state index in [1.807, 2.05) is 30.3 Å². The van der Waals surface area contributed by atoms with Crippen LogP contribution in [-0.4, -0.2) is 29.8 Å². The van der Waals surface area contributed by atoms with Crippen molar-refractivity contribution < 1.29 is 14.6 Å². The second kappa shape index (κ2) is 7.83. The van der Waals surface area contributed by atoms with Gasteiger partial charge in [0.15, 0.2) is 0 Å². The van der Waals surface area contributed by atoms with Crippen LogP contribution in [0.25, 0.3) is 0 Å². The highest BCUT2D eigenvalue weighted by Crippen LogP contribution is 2.31. The highest BCUT2D eigenvalue weighted by Gasteiger charge is 2.22. The SMILES string of the molecule is ClCC1Cc2cc(Cl)ccc2O1.OCC1Cc2cc(Cl)ccc2O1. The molecule has 0 spiro atoms. The summed E-state index contributed by atoms with van der Waals surface area (Å²) in [4.78, 5) is 0. The van der Waals surface area contributed by atoms with Crippen LogP contribution in [0.1, 0.15) is 11.1 Å². The lowest BCUT2D eigenvalue weighted by Crippen LogP contribution is -2.17. The molecular formula is C18H17Cl3O3. The van der Waals surface area contributed by atoms with Gasteiger partial charge in [0, 0.05) is 22.9 Å². The predicted molar refractivity (Wildman–Crippen MR) is 96.9 cm³/mol. The van der Waals surface area contributed by atoms with E-state index in [2.05, 4.69) is 0 Å². The normalized spacial score (nSPS) is 20.3. The van der Waals surface area contributed by atoms with Crippen molar-refractivity contribution in [3.05, 3.63) is 57.6 Å². The highest BCUT2D eigenvalue weighted by molar-refractivity contribution is 6.31. The van der Waals surface area contributed by atoms with Crippen LogP contribution in [0.2, 0.25) is 10.0 Å². The maximum atomic E-state index is 8.85. The van der Waals surface area contributed by atoms with Crippen molar-refractivity contribution in [2.45, 2.75) is 25.0 Å². The summed E-state index contributed by atoms with van der Waals surface area (Å²) < 4.78 is 10.9. The van der Waals surface area contributed by atoms with Crippen molar-refractivity contribution >= 4 is 34.8 Å². The predicted octanol–water partition coefficient (Wildman–Crippen LogP) is 4.52. The molecular weight excluding hydrogens is 371 g/mol. The van der Waals surface area contributed by atoms with Gasteiger partial charge in [0.2, 0.25) is 0 Å². The maximum absolute atomic E-state index is 8.85. The zero-order valence-corrected chi connectivity index (χ0v) is 15.1. The minimum atomic E-state index is -0.0848. The molecule has 4 rings (SSSR count). The van der Waals surface area contributed by atoms with Gasteiger partial charge in [-0.1, -0.05) is 23.2 Å². The van der Waals surface area contributed by atoms with Crippen LogP contribution in [0.5, 0.6) is 11.5 Å². The summed E-state index contributed by atoms with van der Waals surface area (Å²) >= 11 is 17.3. The van der Waals surface area contributed by atoms with Gasteiger partial charge in [0.1, 0.15) is 23.7 Å². The largest absolute Gasteiger partial charge is 0.489 e. The fourth-order valence-electron chi connectivity index (χ4n) is 2.77. The molecule has 24 heavy (non-hydrogen) atoms. The fraction of sp³-hybridized carbons (Fsp3) is 0.333. The van der Waals surface area contributed by atoms with Crippen molar-refractivity contribution in [2.75, 3.05) is 12.5 Å². The number of aliphatic hydroxyl groups excluding tert-OH is 1. The van der Waals surface area contributed by atoms with E-state index in [-0.39, 0.29) is 18.8 Å². The van der Waals surface area contributed by atoms with E-state index in [0.717, 1.165) is 45.5 Å². The van der Waals surface area contributed by atoms with Crippen LogP contribution < -0.4 is 9.47 Å². The number of benzene rings is 2. The van der Waals surface area contributed by atoms with Crippen molar-refractivity contribution in [1.82, 2.24) is 0 Å². The lowest BCUT2D eigenvalue weighted by Gasteiger charge is -2.04. The van der Waals surface area contributed by atoms with Crippen LogP contribution in [-0.2, 0) is 12.8 Å². The second-order valence-corrected chi connectivity index (χ2v) is 6.91. The molecule has 0 radical (unpaired) electrons. The second-order valence-electron chi connectivity index (χ2n) is 5.73. The molecule has 0 saturated carbocycles. The third kappa shape index (κ3) is 4.09. The average molecular weight is 388 g/mol. The molecule has 2 unspecified atom stereocenters. The molecule has 0 bridgehead atoms. The Labute approximate surface area is 156 Å². The summed E-state index contributed by atoms with van der Waals surface area (Å²) in [5.74, 6) is 2.30. The molecule has 2 aromatic rings. The zero-order chi connectivity index (χ0) is 17.1. The maximum Gasteiger partial charge on any atom is 0.126 e. The van der Waals surface area contributed by atoms with Crippen LogP contribution >= 0.6 is 34.8 Å². The molecule has 0 aromatic heterocycles. The van der Waals surface area contributed by atoms with Crippen molar-refractivity contribution in [3.8, 4) is 11.5 Å². The van der Waals surface area contributed by atoms with Gasteiger partial charge < -0.3 is 14.6 Å². The minimum absolute atomic E-state index is 0.0618. The van der Waals surface area contributed by atoms with Crippen LogP contribution in [0.3, 0.4) is 0 Å². The standard InChI is InChI=1S/C9H8Cl2O.C9H9ClO2/c10-5-8-4-6-3-7(11)1-2-9(6)12-8;10-7-1-2-9-6(3-7)4-8(5-11)12-9/h1-3,8H,4-5H2;1-3,8,11H,4-5H2. The Balaban J connectivity index is 0.000000141. The van der Waals surface area contributed by atoms with Crippen molar-refractivity contribution in [3.63, 3.8) is 0 Å². The molecule has 2 aliphatic heterocycles. The quantitative estimate of drug-likeness (QED) is 0.770. The van der Waals surface area contributed by atoms with E-state index in [1.54, 1.807) is 6.07 Å². The summed E-state index contributed by atoms with van der Waals surface area (Å²) in [6, 6.07) is 11.2. The van der Waals surface area contributed by atoms with E-state index >= 15 is 0 Å². The topological polar surface area (TPSA) is 38.7 Å². The first-order valence-electron chi connectivity index (χ1n) is 7.66. The Kier molecular flexibility index (Phi) is 5.77. The van der Waals surface area contributed by atoms with E-state index in [4.69, 9.17) is 49.4 Å². The number of fused-ring (bicyclic) bond motifs is 2. The number of hydrogen-bond acceptors (Lipinski definition) is 3. The summed E-state index contributed by atoms with van der Waals surface area (Å²) in [6.07, 6.45) is 1.67. The van der Waals surface area contributed by atoms with Gasteiger partial charge >= 0.3 is 0 Å². The molecule has 6 heteroatoms. The Hall–Kier alpha value is -1.13. The molecule has 0 saturated heterocycles. The van der Waals surface area contributed by atoms with Gasteiger partial charge in [0.05, 0.1) is 12.5 Å². The number of halogens is 3. The Morgan fingerprint density at radius 2 is 1.38 bits per heavy atom. The molecule has 0 amide bonds. The molecule has 128 valence electrons. The van der Waals surface area contributed by atoms with Gasteiger partial charge in [-0.05, 0) is 47.5 Å². The fourth-order valence-corrected chi connectivity index (χ4v) is 3.33. The van der Waals surface area contributed by atoms with E-state index < -0.39 is 0 Å². The first-order chi connectivity index (χ1) is 11.6. The summed E-state index contributed by atoms with van der Waals surface area (Å²) in [7, 11) is 0. The molecule has 2 aliphatic rings. The molecule has 2 atom stereocenters. The van der Waals surface area contributed by atoms with Crippen LogP contribution in [0.4, 0.5) is 0 Å². The number of rotatable bonds is 2. The summed E-state index contributed by atoms with van der Waals surface area (Å²) in [6.45, 7) is 0.0618. The van der Waals surface area contributed by atoms with Gasteiger partial charge in [-0.15, -0.1) is 11.6 Å². The smallest absolute Gasteiger partial charge is 0.126 e. The van der Waals surface area contributed by atoms with Crippen molar-refractivity contribution in [1.29, 1.82) is 0 Å². The molecule has 3 nitrogen and oxygen atoms in total. The van der Waals surface area contributed by atoms with E-state index in [9.17, 15) is 0 Å². The number of ether oxygens (including phenoxy) is 2. The first-order valence-corrected chi connectivity index (χ1v) is 8.95. The molecule has 0 fully saturated rings. The van der Waals surface area contributed by atoms with Gasteiger partial charge in [-0.3, -0.25) is 0 Å². The lowest BCUT2D eigenvalue weighted by atomic mass is 10.1. The van der Waals surface area contributed by atoms with Gasteiger partial charge in [0.25, 0.3) is 0 Å². The number of alkyl halides is 1. The first kappa shape index (κ1) is 17.7. The summed E-state index contributed by atoms with van der Waals surface area (Å²) in [5.41, 5.74) is 2.25. The Bertz CT molecular complexity index is 659. The molecule has 0 aliphatic carbocycles. The van der Waals surface area contributed by atoms with E-state index in [1.165, 1.54) is 0 Å². The summed E-state index contributed by atoms with van der Waals surface area (Å²) in [5, 5.41) is 10.3. The third-order valence-electron chi connectivity index (χ3n) is 3.90. The van der Waals surface area contributed by atoms with Crippen molar-refractivity contribution in [2.24, 2.45) is 0 Å². The third-order valence-corrected chi connectivity index (χ3v) is 4.72. The Morgan fingerprint density at radius 1 is 0.875 bits per heavy atom. The van der Waals surface area contributed by atoms with Gasteiger partial charge in [-0.2, -0.15) is 0 Å². The van der Waals surface area contributed by atoms with Crippen LogP contribution in [0.15, 0.2) is 36.4 Å². The lowest BCUT2D eigenvalue weighted by molar-refractivity contribution is 0.134. The molecule has 1 N–H and O–H groups in total. The number of aliphatic hydroxyl groups is 1. The highest BCUT2D eigenvalue weighted by atomic mass is 35.5. The zero-order valence-electron chi connectivity index (χ0n) is 12.8. The van der Waals surface area contributed by atoms with Crippen LogP contribution in [0, 0.1) is 0 Å². The number of hydrogen-bond donors (Lipinski definition) is 1. The van der Waals surface area contributed by atoms with E-state index in [0.29, 0.717) is 5.88 Å². The Morgan fingerprint density at radius 3 is 1.88 bits per heavy atom. The minimum Gasteiger partial charge on any atom is -0.489 e. The average Bonchev–Trinajstić information content (AvgIpc) is 3.17. The molecule has 2 heterocycles. The van der Waals surface area contributed by atoms with Gasteiger partial charge in [-0.25, -0.2) is 0 Å². The molecule has 2 aromatic carbocycles.